The maximum absolute atomic E-state index is 13.1. The first-order valence-corrected chi connectivity index (χ1v) is 12.9. The highest BCUT2D eigenvalue weighted by molar-refractivity contribution is 7.98. The predicted molar refractivity (Wildman–Crippen MR) is 128 cm³/mol. The zero-order valence-corrected chi connectivity index (χ0v) is 21.2. The third-order valence-corrected chi connectivity index (χ3v) is 8.26. The van der Waals surface area contributed by atoms with Crippen LogP contribution in [0, 0.1) is 11.8 Å². The van der Waals surface area contributed by atoms with Gasteiger partial charge in [-0.2, -0.15) is 0 Å². The number of amides is 1. The summed E-state index contributed by atoms with van der Waals surface area (Å²) in [5.74, 6) is -1.48. The smallest absolute Gasteiger partial charge is 0.412 e. The van der Waals surface area contributed by atoms with E-state index in [1.165, 1.54) is 11.8 Å². The van der Waals surface area contributed by atoms with Gasteiger partial charge in [-0.05, 0) is 45.5 Å². The van der Waals surface area contributed by atoms with E-state index >= 15 is 0 Å². The summed E-state index contributed by atoms with van der Waals surface area (Å²) in [6.45, 7) is 3.73. The van der Waals surface area contributed by atoms with Crippen LogP contribution in [0.2, 0.25) is 0 Å². The molecule has 0 radical (unpaired) electrons. The van der Waals surface area contributed by atoms with Crippen molar-refractivity contribution < 1.29 is 33.3 Å². The van der Waals surface area contributed by atoms with E-state index in [9.17, 15) is 14.4 Å². The first-order valence-electron chi connectivity index (χ1n) is 11.7. The van der Waals surface area contributed by atoms with Crippen LogP contribution in [-0.4, -0.2) is 79.3 Å². The van der Waals surface area contributed by atoms with E-state index in [2.05, 4.69) is 5.32 Å². The summed E-state index contributed by atoms with van der Waals surface area (Å²) in [6.07, 6.45) is 1.15. The Bertz CT molecular complexity index is 1090. The number of esters is 2. The van der Waals surface area contributed by atoms with Crippen molar-refractivity contribution in [2.45, 2.75) is 61.2 Å². The molecule has 0 saturated carbocycles. The van der Waals surface area contributed by atoms with Crippen molar-refractivity contribution in [1.29, 1.82) is 0 Å². The van der Waals surface area contributed by atoms with E-state index in [0.29, 0.717) is 17.7 Å². The molecule has 2 bridgehead atoms. The number of benzene rings is 1. The summed E-state index contributed by atoms with van der Waals surface area (Å²) in [5.41, 5.74) is 0.358. The minimum absolute atomic E-state index is 0.294. The first kappa shape index (κ1) is 24.1. The van der Waals surface area contributed by atoms with Gasteiger partial charge in [0, 0.05) is 17.2 Å². The molecule has 8 atom stereocenters. The largest absolute Gasteiger partial charge is 0.462 e. The Hall–Kier alpha value is -2.56. The van der Waals surface area contributed by atoms with Crippen molar-refractivity contribution >= 4 is 35.5 Å². The van der Waals surface area contributed by atoms with Gasteiger partial charge in [-0.15, -0.1) is 11.8 Å². The van der Waals surface area contributed by atoms with Crippen LogP contribution in [0.15, 0.2) is 40.8 Å². The number of anilines is 1. The molecule has 1 N–H and O–H groups in total. The second kappa shape index (κ2) is 8.83. The molecule has 0 aromatic heterocycles. The number of nitrogens with one attached hydrogen (secondary N) is 1. The molecule has 35 heavy (non-hydrogen) atoms. The Morgan fingerprint density at radius 1 is 1.23 bits per heavy atom. The number of carbonyl (C=O) groups excluding carboxylic acids is 3. The number of rotatable bonds is 4. The zero-order chi connectivity index (χ0) is 25.1. The molecular formula is C25H30N2O7S. The highest BCUT2D eigenvalue weighted by Crippen LogP contribution is 2.51. The van der Waals surface area contributed by atoms with E-state index in [4.69, 9.17) is 18.9 Å². The van der Waals surface area contributed by atoms with Gasteiger partial charge in [0.1, 0.15) is 18.3 Å². The van der Waals surface area contributed by atoms with Crippen LogP contribution in [0.1, 0.15) is 20.3 Å². The molecule has 0 spiro atoms. The lowest BCUT2D eigenvalue weighted by molar-refractivity contribution is -0.144. The van der Waals surface area contributed by atoms with E-state index in [1.54, 1.807) is 19.1 Å². The monoisotopic (exact) mass is 502 g/mol. The predicted octanol–water partition coefficient (Wildman–Crippen LogP) is 2.85. The van der Waals surface area contributed by atoms with Gasteiger partial charge in [-0.3, -0.25) is 15.0 Å². The maximum Gasteiger partial charge on any atom is 0.412 e. The average Bonchev–Trinajstić information content (AvgIpc) is 3.20. The molecule has 188 valence electrons. The lowest BCUT2D eigenvalue weighted by Crippen LogP contribution is -2.49. The summed E-state index contributed by atoms with van der Waals surface area (Å²) in [6, 6.07) is 6.85. The number of epoxide rings is 1. The number of hydrogen-bond acceptors (Lipinski definition) is 9. The molecule has 5 rings (SSSR count). The van der Waals surface area contributed by atoms with Gasteiger partial charge in [-0.1, -0.05) is 19.1 Å². The molecule has 1 aromatic rings. The quantitative estimate of drug-likeness (QED) is 0.288. The Morgan fingerprint density at radius 2 is 1.97 bits per heavy atom. The third-order valence-electron chi connectivity index (χ3n) is 7.47. The highest BCUT2D eigenvalue weighted by Gasteiger charge is 2.65. The molecule has 1 aliphatic carbocycles. The molecule has 2 fully saturated rings. The Labute approximate surface area is 208 Å². The first-order chi connectivity index (χ1) is 16.6. The minimum atomic E-state index is -0.792. The number of para-hydroxylation sites is 1. The number of nitrogens with zero attached hydrogens (tertiary/aromatic N) is 1. The zero-order valence-electron chi connectivity index (χ0n) is 20.3. The number of hydrogen-bond donors (Lipinski definition) is 1. The molecule has 1 amide bonds. The lowest BCUT2D eigenvalue weighted by atomic mass is 9.79. The Kier molecular flexibility index (Phi) is 6.09. The van der Waals surface area contributed by atoms with Crippen LogP contribution in [0.4, 0.5) is 10.5 Å². The molecule has 10 heteroatoms. The van der Waals surface area contributed by atoms with E-state index in [1.807, 2.05) is 50.4 Å². The fourth-order valence-electron chi connectivity index (χ4n) is 5.65. The molecule has 4 aliphatic rings. The normalized spacial score (nSPS) is 37.5. The fraction of sp³-hybridized carbons (Fsp3) is 0.560. The average molecular weight is 503 g/mol. The molecule has 9 nitrogen and oxygen atoms in total. The second-order valence-electron chi connectivity index (χ2n) is 9.99. The SMILES string of the molecule is CSc1ccccc1NC(=O)OC1C(N(C)C)C2=CC(OC2=O)C2C(CC3(C)OC13)OC(=O)C2C. The molecule has 8 unspecified atom stereocenters. The van der Waals surface area contributed by atoms with Gasteiger partial charge in [0.15, 0.2) is 6.10 Å². The number of thioether (sulfide) groups is 1. The van der Waals surface area contributed by atoms with Crippen molar-refractivity contribution in [1.82, 2.24) is 4.90 Å². The van der Waals surface area contributed by atoms with Crippen molar-refractivity contribution in [3.05, 3.63) is 35.9 Å². The van der Waals surface area contributed by atoms with Crippen LogP contribution >= 0.6 is 11.8 Å². The molecule has 3 heterocycles. The highest BCUT2D eigenvalue weighted by atomic mass is 32.2. The van der Waals surface area contributed by atoms with E-state index in [0.717, 1.165) is 4.90 Å². The number of fused-ring (bicyclic) bond motifs is 4. The maximum atomic E-state index is 13.1. The van der Waals surface area contributed by atoms with Crippen molar-refractivity contribution in [2.75, 3.05) is 25.7 Å². The van der Waals surface area contributed by atoms with Gasteiger partial charge in [0.25, 0.3) is 0 Å². The summed E-state index contributed by atoms with van der Waals surface area (Å²) < 4.78 is 23.6. The minimum Gasteiger partial charge on any atom is -0.462 e. The lowest BCUT2D eigenvalue weighted by Gasteiger charge is -2.32. The summed E-state index contributed by atoms with van der Waals surface area (Å²) >= 11 is 1.51. The van der Waals surface area contributed by atoms with E-state index in [-0.39, 0.29) is 11.9 Å². The standard InChI is InChI=1S/C25H30N2O7S/c1-12-18-15-10-13(23(29)31-15)19(27(3)4)20(21-25(2,34-21)11-16(18)32-22(12)28)33-24(30)26-14-8-6-7-9-17(14)35-5/h6-10,12,15-16,18-21H,11H2,1-5H3,(H,26,30). The van der Waals surface area contributed by atoms with Crippen molar-refractivity contribution in [2.24, 2.45) is 11.8 Å². The van der Waals surface area contributed by atoms with Crippen LogP contribution < -0.4 is 5.32 Å². The van der Waals surface area contributed by atoms with Crippen LogP contribution in [-0.2, 0) is 28.5 Å². The number of likely N-dealkylation sites (N-methyl/N-ethyl adjacent to an activating group) is 1. The Balaban J connectivity index is 1.48. The van der Waals surface area contributed by atoms with Crippen LogP contribution in [0.25, 0.3) is 0 Å². The third kappa shape index (κ3) is 4.21. The van der Waals surface area contributed by atoms with E-state index < -0.39 is 54.0 Å². The summed E-state index contributed by atoms with van der Waals surface area (Å²) in [7, 11) is 3.64. The van der Waals surface area contributed by atoms with Crippen LogP contribution in [0.3, 0.4) is 0 Å². The number of carbonyl (C=O) groups is 3. The van der Waals surface area contributed by atoms with Gasteiger partial charge in [0.2, 0.25) is 0 Å². The van der Waals surface area contributed by atoms with Crippen molar-refractivity contribution in [3.8, 4) is 0 Å². The van der Waals surface area contributed by atoms with Gasteiger partial charge < -0.3 is 18.9 Å². The topological polar surface area (TPSA) is 107 Å². The molecule has 2 saturated heterocycles. The van der Waals surface area contributed by atoms with Gasteiger partial charge in [-0.25, -0.2) is 9.59 Å². The molecular weight excluding hydrogens is 472 g/mol. The second-order valence-corrected chi connectivity index (χ2v) is 10.8. The van der Waals surface area contributed by atoms with Crippen LogP contribution in [0.5, 0.6) is 0 Å². The summed E-state index contributed by atoms with van der Waals surface area (Å²) in [5, 5.41) is 2.83. The van der Waals surface area contributed by atoms with Gasteiger partial charge in [0.05, 0.1) is 28.8 Å². The van der Waals surface area contributed by atoms with Gasteiger partial charge >= 0.3 is 18.0 Å². The fourth-order valence-corrected chi connectivity index (χ4v) is 6.21. The molecule has 3 aliphatic heterocycles. The molecule has 1 aromatic carbocycles. The number of ether oxygens (including phenoxy) is 4. The van der Waals surface area contributed by atoms with Crippen molar-refractivity contribution in [3.63, 3.8) is 0 Å². The Morgan fingerprint density at radius 3 is 2.69 bits per heavy atom. The summed E-state index contributed by atoms with van der Waals surface area (Å²) in [4.78, 5) is 41.3.